The van der Waals surface area contributed by atoms with Gasteiger partial charge in [-0.25, -0.2) is 0 Å². The van der Waals surface area contributed by atoms with Crippen LogP contribution in [0.5, 0.6) is 0 Å². The number of nitriles is 1. The Morgan fingerprint density at radius 2 is 2.12 bits per heavy atom. The van der Waals surface area contributed by atoms with Crippen LogP contribution in [-0.2, 0) is 4.79 Å². The van der Waals surface area contributed by atoms with Gasteiger partial charge >= 0.3 is 0 Å². The van der Waals surface area contributed by atoms with Crippen LogP contribution >= 0.6 is 0 Å². The van der Waals surface area contributed by atoms with Gasteiger partial charge in [0.25, 0.3) is 0 Å². The molecule has 3 N–H and O–H groups in total. The highest BCUT2D eigenvalue weighted by molar-refractivity contribution is 5.94. The van der Waals surface area contributed by atoms with Crippen LogP contribution in [0.4, 0.5) is 5.69 Å². The third-order valence-corrected chi connectivity index (χ3v) is 2.22. The first kappa shape index (κ1) is 12.2. The van der Waals surface area contributed by atoms with Crippen molar-refractivity contribution in [3.8, 4) is 6.07 Å². The molecule has 0 spiro atoms. The van der Waals surface area contributed by atoms with Gasteiger partial charge in [0.05, 0.1) is 17.7 Å². The molecule has 4 heteroatoms. The topological polar surface area (TPSA) is 78.9 Å². The number of benzene rings is 1. The standard InChI is InChI=1S/C12H15N3O/c1-2-3-11(14)12(16)15-10-6-4-9(8-13)5-7-10/h4-7,11H,2-3,14H2,1H3,(H,15,16)/t11-/m1/s1. The molecule has 1 rings (SSSR count). The van der Waals surface area contributed by atoms with Crippen molar-refractivity contribution in [3.05, 3.63) is 29.8 Å². The zero-order chi connectivity index (χ0) is 12.0. The summed E-state index contributed by atoms with van der Waals surface area (Å²) in [6.45, 7) is 1.98. The highest BCUT2D eigenvalue weighted by Gasteiger charge is 2.11. The Bertz CT molecular complexity index is 392. The van der Waals surface area contributed by atoms with Crippen LogP contribution in [0.3, 0.4) is 0 Å². The van der Waals surface area contributed by atoms with E-state index < -0.39 is 6.04 Å². The van der Waals surface area contributed by atoms with Crippen molar-refractivity contribution in [2.24, 2.45) is 5.73 Å². The van der Waals surface area contributed by atoms with Gasteiger partial charge in [-0.15, -0.1) is 0 Å². The molecule has 1 aromatic carbocycles. The van der Waals surface area contributed by atoms with Crippen molar-refractivity contribution in [3.63, 3.8) is 0 Å². The molecule has 16 heavy (non-hydrogen) atoms. The summed E-state index contributed by atoms with van der Waals surface area (Å²) in [5, 5.41) is 11.3. The lowest BCUT2D eigenvalue weighted by molar-refractivity contribution is -0.117. The highest BCUT2D eigenvalue weighted by Crippen LogP contribution is 2.09. The maximum atomic E-state index is 11.6. The van der Waals surface area contributed by atoms with E-state index in [4.69, 9.17) is 11.0 Å². The minimum Gasteiger partial charge on any atom is -0.325 e. The summed E-state index contributed by atoms with van der Waals surface area (Å²) in [4.78, 5) is 11.6. The van der Waals surface area contributed by atoms with Crippen molar-refractivity contribution in [1.29, 1.82) is 5.26 Å². The smallest absolute Gasteiger partial charge is 0.241 e. The van der Waals surface area contributed by atoms with E-state index in [0.29, 0.717) is 17.7 Å². The lowest BCUT2D eigenvalue weighted by atomic mass is 10.1. The molecule has 1 aromatic rings. The maximum Gasteiger partial charge on any atom is 0.241 e. The first-order valence-electron chi connectivity index (χ1n) is 5.24. The summed E-state index contributed by atoms with van der Waals surface area (Å²) < 4.78 is 0. The summed E-state index contributed by atoms with van der Waals surface area (Å²) in [6, 6.07) is 8.23. The second-order valence-corrected chi connectivity index (χ2v) is 3.57. The number of carbonyl (C=O) groups is 1. The fraction of sp³-hybridized carbons (Fsp3) is 0.333. The molecule has 1 amide bonds. The third-order valence-electron chi connectivity index (χ3n) is 2.22. The number of nitrogens with one attached hydrogen (secondary N) is 1. The largest absolute Gasteiger partial charge is 0.325 e. The molecule has 0 aliphatic rings. The van der Waals surface area contributed by atoms with Gasteiger partial charge in [0.1, 0.15) is 0 Å². The first-order chi connectivity index (χ1) is 7.67. The number of nitrogens with two attached hydrogens (primary N) is 1. The van der Waals surface area contributed by atoms with E-state index >= 15 is 0 Å². The van der Waals surface area contributed by atoms with Gasteiger partial charge < -0.3 is 11.1 Å². The molecule has 1 atom stereocenters. The molecule has 0 aliphatic heterocycles. The minimum absolute atomic E-state index is 0.188. The predicted molar refractivity (Wildman–Crippen MR) is 62.7 cm³/mol. The summed E-state index contributed by atoms with van der Waals surface area (Å²) in [5.41, 5.74) is 6.90. The number of rotatable bonds is 4. The quantitative estimate of drug-likeness (QED) is 0.804. The monoisotopic (exact) mass is 217 g/mol. The summed E-state index contributed by atoms with van der Waals surface area (Å²) >= 11 is 0. The van der Waals surface area contributed by atoms with Crippen LogP contribution in [0, 0.1) is 11.3 Å². The van der Waals surface area contributed by atoms with E-state index in [1.54, 1.807) is 24.3 Å². The second-order valence-electron chi connectivity index (χ2n) is 3.57. The Kier molecular flexibility index (Phi) is 4.49. The second kappa shape index (κ2) is 5.89. The van der Waals surface area contributed by atoms with Gasteiger partial charge in [0.15, 0.2) is 0 Å². The molecule has 84 valence electrons. The van der Waals surface area contributed by atoms with E-state index in [1.807, 2.05) is 13.0 Å². The predicted octanol–water partition coefficient (Wildman–Crippen LogP) is 1.62. The summed E-state index contributed by atoms with van der Waals surface area (Å²) in [7, 11) is 0. The van der Waals surface area contributed by atoms with Crippen LogP contribution < -0.4 is 11.1 Å². The number of hydrogen-bond donors (Lipinski definition) is 2. The minimum atomic E-state index is -0.472. The fourth-order valence-electron chi connectivity index (χ4n) is 1.31. The molecule has 0 fully saturated rings. The van der Waals surface area contributed by atoms with Crippen molar-refractivity contribution < 1.29 is 4.79 Å². The first-order valence-corrected chi connectivity index (χ1v) is 5.24. The van der Waals surface area contributed by atoms with Gasteiger partial charge in [0.2, 0.25) is 5.91 Å². The van der Waals surface area contributed by atoms with E-state index in [0.717, 1.165) is 6.42 Å². The van der Waals surface area contributed by atoms with E-state index in [2.05, 4.69) is 5.32 Å². The molecule has 0 heterocycles. The van der Waals surface area contributed by atoms with Crippen LogP contribution in [0.1, 0.15) is 25.3 Å². The Morgan fingerprint density at radius 1 is 1.50 bits per heavy atom. The Balaban J connectivity index is 2.60. The van der Waals surface area contributed by atoms with Crippen molar-refractivity contribution in [1.82, 2.24) is 0 Å². The molecular formula is C12H15N3O. The number of amides is 1. The van der Waals surface area contributed by atoms with Gasteiger partial charge in [-0.1, -0.05) is 13.3 Å². The van der Waals surface area contributed by atoms with Gasteiger partial charge in [-0.05, 0) is 30.7 Å². The third kappa shape index (κ3) is 3.37. The Hall–Kier alpha value is -1.86. The number of carbonyl (C=O) groups excluding carboxylic acids is 1. The van der Waals surface area contributed by atoms with Crippen LogP contribution in [0.15, 0.2) is 24.3 Å². The average Bonchev–Trinajstić information content (AvgIpc) is 2.30. The van der Waals surface area contributed by atoms with Crippen LogP contribution in [-0.4, -0.2) is 11.9 Å². The lowest BCUT2D eigenvalue weighted by Gasteiger charge is -2.10. The van der Waals surface area contributed by atoms with Gasteiger partial charge in [-0.2, -0.15) is 5.26 Å². The van der Waals surface area contributed by atoms with Crippen molar-refractivity contribution in [2.45, 2.75) is 25.8 Å². The van der Waals surface area contributed by atoms with Crippen LogP contribution in [0.2, 0.25) is 0 Å². The fourth-order valence-corrected chi connectivity index (χ4v) is 1.31. The van der Waals surface area contributed by atoms with Crippen molar-refractivity contribution in [2.75, 3.05) is 5.32 Å². The molecule has 0 aliphatic carbocycles. The molecular weight excluding hydrogens is 202 g/mol. The molecule has 0 unspecified atom stereocenters. The van der Waals surface area contributed by atoms with Gasteiger partial charge in [-0.3, -0.25) is 4.79 Å². The highest BCUT2D eigenvalue weighted by atomic mass is 16.2. The Morgan fingerprint density at radius 3 is 2.62 bits per heavy atom. The van der Waals surface area contributed by atoms with Crippen molar-refractivity contribution >= 4 is 11.6 Å². The molecule has 4 nitrogen and oxygen atoms in total. The van der Waals surface area contributed by atoms with E-state index in [1.165, 1.54) is 0 Å². The molecule has 0 radical (unpaired) electrons. The van der Waals surface area contributed by atoms with E-state index in [9.17, 15) is 4.79 Å². The zero-order valence-electron chi connectivity index (χ0n) is 9.23. The number of nitrogens with zero attached hydrogens (tertiary/aromatic N) is 1. The maximum absolute atomic E-state index is 11.6. The normalized spacial score (nSPS) is 11.6. The Labute approximate surface area is 95.1 Å². The molecule has 0 bridgehead atoms. The van der Waals surface area contributed by atoms with Crippen LogP contribution in [0.25, 0.3) is 0 Å². The number of anilines is 1. The summed E-state index contributed by atoms with van der Waals surface area (Å²) in [5.74, 6) is -0.188. The van der Waals surface area contributed by atoms with E-state index in [-0.39, 0.29) is 5.91 Å². The molecule has 0 saturated carbocycles. The number of hydrogen-bond acceptors (Lipinski definition) is 3. The average molecular weight is 217 g/mol. The van der Waals surface area contributed by atoms with Gasteiger partial charge in [0, 0.05) is 5.69 Å². The summed E-state index contributed by atoms with van der Waals surface area (Å²) in [6.07, 6.45) is 1.55. The SMILES string of the molecule is CCC[C@@H](N)C(=O)Nc1ccc(C#N)cc1. The lowest BCUT2D eigenvalue weighted by Crippen LogP contribution is -2.35. The molecule has 0 aromatic heterocycles. The molecule has 0 saturated heterocycles. The zero-order valence-corrected chi connectivity index (χ0v) is 9.23.